The van der Waals surface area contributed by atoms with Gasteiger partial charge in [-0.1, -0.05) is 63.3 Å². The van der Waals surface area contributed by atoms with E-state index >= 15 is 0 Å². The van der Waals surface area contributed by atoms with Crippen LogP contribution in [0.15, 0.2) is 49.2 Å². The lowest BCUT2D eigenvalue weighted by Crippen LogP contribution is -2.54. The van der Waals surface area contributed by atoms with E-state index in [-0.39, 0.29) is 12.5 Å². The minimum Gasteiger partial charge on any atom is -0.481 e. The van der Waals surface area contributed by atoms with E-state index in [2.05, 4.69) is 35.5 Å². The van der Waals surface area contributed by atoms with Gasteiger partial charge in [0.1, 0.15) is 0 Å². The molecule has 3 fully saturated rings. The fraction of sp³-hybridized carbons (Fsp3) is 0.586. The maximum Gasteiger partial charge on any atom is 0.305 e. The molecule has 1 aromatic carbocycles. The second-order valence-corrected chi connectivity index (χ2v) is 10.1. The lowest BCUT2D eigenvalue weighted by molar-refractivity contribution is -0.139. The second kappa shape index (κ2) is 13.7. The van der Waals surface area contributed by atoms with E-state index in [9.17, 15) is 15.0 Å². The summed E-state index contributed by atoms with van der Waals surface area (Å²) in [5.41, 5.74) is 1.97. The number of aliphatic carboxylic acids is 1. The van der Waals surface area contributed by atoms with Gasteiger partial charge in [-0.3, -0.25) is 14.7 Å². The number of piperidine rings is 3. The van der Waals surface area contributed by atoms with Gasteiger partial charge in [-0.25, -0.2) is 0 Å². The Labute approximate surface area is 209 Å². The summed E-state index contributed by atoms with van der Waals surface area (Å²) in [6.45, 7) is 8.26. The number of carbonyl (C=O) groups is 1. The van der Waals surface area contributed by atoms with E-state index < -0.39 is 18.2 Å². The minimum absolute atomic E-state index is 0.117. The first-order valence-electron chi connectivity index (χ1n) is 13.2. The van der Waals surface area contributed by atoms with Crippen LogP contribution in [0.5, 0.6) is 0 Å². The number of aromatic nitrogens is 1. The molecule has 3 saturated heterocycles. The van der Waals surface area contributed by atoms with Crippen molar-refractivity contribution in [3.05, 3.63) is 54.7 Å². The van der Waals surface area contributed by atoms with Crippen LogP contribution in [0.1, 0.15) is 76.4 Å². The predicted molar refractivity (Wildman–Crippen MR) is 140 cm³/mol. The van der Waals surface area contributed by atoms with Crippen molar-refractivity contribution in [2.75, 3.05) is 13.1 Å². The summed E-state index contributed by atoms with van der Waals surface area (Å²) in [7, 11) is 0. The Hall–Kier alpha value is -2.28. The van der Waals surface area contributed by atoms with Crippen molar-refractivity contribution in [3.8, 4) is 0 Å². The molecule has 0 saturated carbocycles. The molecule has 192 valence electrons. The zero-order chi connectivity index (χ0) is 25.2. The van der Waals surface area contributed by atoms with Crippen molar-refractivity contribution in [3.63, 3.8) is 0 Å². The quantitative estimate of drug-likeness (QED) is 0.295. The number of rotatable bonds is 11. The van der Waals surface area contributed by atoms with E-state index in [0.717, 1.165) is 48.8 Å². The molecular weight excluding hydrogens is 440 g/mol. The van der Waals surface area contributed by atoms with E-state index in [1.54, 1.807) is 0 Å². The van der Waals surface area contributed by atoms with Crippen molar-refractivity contribution in [1.29, 1.82) is 0 Å². The maximum atomic E-state index is 11.0. The molecule has 6 nitrogen and oxygen atoms in total. The van der Waals surface area contributed by atoms with Gasteiger partial charge in [0, 0.05) is 24.2 Å². The Morgan fingerprint density at radius 3 is 2.66 bits per heavy atom. The summed E-state index contributed by atoms with van der Waals surface area (Å²) in [4.78, 5) is 17.0. The van der Waals surface area contributed by atoms with Gasteiger partial charge in [0.25, 0.3) is 0 Å². The zero-order valence-electron chi connectivity index (χ0n) is 21.1. The van der Waals surface area contributed by atoms with Crippen molar-refractivity contribution in [2.45, 2.75) is 83.0 Å². The molecule has 5 rings (SSSR count). The van der Waals surface area contributed by atoms with Gasteiger partial charge in [0.2, 0.25) is 0 Å². The number of pyridine rings is 1. The van der Waals surface area contributed by atoms with Crippen LogP contribution in [0.2, 0.25) is 0 Å². The number of hydrogen-bond donors (Lipinski definition) is 3. The summed E-state index contributed by atoms with van der Waals surface area (Å²) < 4.78 is 0. The summed E-state index contributed by atoms with van der Waals surface area (Å²) >= 11 is 0. The molecule has 0 amide bonds. The third-order valence-electron chi connectivity index (χ3n) is 7.57. The first-order valence-corrected chi connectivity index (χ1v) is 13.2. The number of hydrogen-bond acceptors (Lipinski definition) is 5. The summed E-state index contributed by atoms with van der Waals surface area (Å²) in [6, 6.07) is 10.3. The Morgan fingerprint density at radius 1 is 1.20 bits per heavy atom. The Bertz CT molecular complexity index is 944. The van der Waals surface area contributed by atoms with Crippen LogP contribution < -0.4 is 0 Å². The van der Waals surface area contributed by atoms with Gasteiger partial charge < -0.3 is 15.3 Å². The van der Waals surface area contributed by atoms with E-state index in [4.69, 9.17) is 5.11 Å². The highest BCUT2D eigenvalue weighted by Crippen LogP contribution is 2.41. The number of para-hydroxylation sites is 1. The SMILES string of the molecule is C=C[C@@H]1CN2CC[C@H]1C[C@H]2[C@H](O)c1ccnc2ccccc12.CCCCCCCC(O)CC(=O)O. The van der Waals surface area contributed by atoms with Crippen molar-refractivity contribution in [1.82, 2.24) is 9.88 Å². The van der Waals surface area contributed by atoms with Crippen LogP contribution in [0.25, 0.3) is 10.9 Å². The van der Waals surface area contributed by atoms with Crippen LogP contribution in [-0.2, 0) is 4.79 Å². The number of aliphatic hydroxyl groups excluding tert-OH is 2. The van der Waals surface area contributed by atoms with Gasteiger partial charge >= 0.3 is 5.97 Å². The van der Waals surface area contributed by atoms with Crippen LogP contribution in [0.4, 0.5) is 0 Å². The molecule has 6 heteroatoms. The number of nitrogens with zero attached hydrogens (tertiary/aromatic N) is 2. The molecule has 0 radical (unpaired) electrons. The third kappa shape index (κ3) is 7.60. The van der Waals surface area contributed by atoms with Crippen LogP contribution in [0, 0.1) is 11.8 Å². The molecule has 35 heavy (non-hydrogen) atoms. The normalized spacial score (nSPS) is 24.9. The molecule has 2 aromatic rings. The first-order chi connectivity index (χ1) is 16.9. The molecule has 0 spiro atoms. The lowest BCUT2D eigenvalue weighted by atomic mass is 9.73. The van der Waals surface area contributed by atoms with Crippen LogP contribution in [0.3, 0.4) is 0 Å². The molecule has 3 aliphatic rings. The number of benzene rings is 1. The standard InChI is InChI=1S/C19H22N2O.C10H20O3/c1-2-13-12-21-10-8-14(13)11-18(21)19(22)16-7-9-20-17-6-4-3-5-15(16)17;1-2-3-4-5-6-7-9(11)8-10(12)13/h2-7,9,13-14,18-19,22H,1,8,10-12H2;9,11H,2-8H2,1H3,(H,12,13)/t13-,14+,18+,19-;/m1./s1. The molecule has 2 unspecified atom stereocenters. The van der Waals surface area contributed by atoms with Crippen molar-refractivity contribution < 1.29 is 20.1 Å². The molecule has 6 atom stereocenters. The monoisotopic (exact) mass is 482 g/mol. The number of unbranched alkanes of at least 4 members (excludes halogenated alkanes) is 4. The summed E-state index contributed by atoms with van der Waals surface area (Å²) in [5, 5.41) is 29.7. The molecule has 2 bridgehead atoms. The highest BCUT2D eigenvalue weighted by molar-refractivity contribution is 5.82. The lowest BCUT2D eigenvalue weighted by Gasteiger charge is -2.50. The number of carboxylic acids is 1. The largest absolute Gasteiger partial charge is 0.481 e. The molecule has 3 aliphatic heterocycles. The fourth-order valence-electron chi connectivity index (χ4n) is 5.58. The maximum absolute atomic E-state index is 11.0. The first kappa shape index (κ1) is 27.3. The Balaban J connectivity index is 0.000000228. The van der Waals surface area contributed by atoms with E-state index in [1.165, 1.54) is 25.7 Å². The molecule has 0 aliphatic carbocycles. The highest BCUT2D eigenvalue weighted by atomic mass is 16.4. The predicted octanol–water partition coefficient (Wildman–Crippen LogP) is 5.35. The zero-order valence-corrected chi connectivity index (χ0v) is 21.1. The van der Waals surface area contributed by atoms with E-state index in [1.807, 2.05) is 30.5 Å². The second-order valence-electron chi connectivity index (χ2n) is 10.1. The fourth-order valence-corrected chi connectivity index (χ4v) is 5.58. The number of aliphatic hydroxyl groups is 2. The van der Waals surface area contributed by atoms with Gasteiger partial charge in [-0.2, -0.15) is 0 Å². The summed E-state index contributed by atoms with van der Waals surface area (Å²) in [5.74, 6) is 0.350. The van der Waals surface area contributed by atoms with Crippen molar-refractivity contribution >= 4 is 16.9 Å². The molecule has 3 N–H and O–H groups in total. The molecule has 1 aromatic heterocycles. The number of fused-ring (bicyclic) bond motifs is 4. The average molecular weight is 483 g/mol. The number of carboxylic acid groups (broad SMARTS) is 1. The van der Waals surface area contributed by atoms with Gasteiger partial charge in [0.05, 0.1) is 24.1 Å². The summed E-state index contributed by atoms with van der Waals surface area (Å²) in [6.07, 6.45) is 11.3. The molecule has 4 heterocycles. The van der Waals surface area contributed by atoms with Crippen molar-refractivity contribution in [2.24, 2.45) is 11.8 Å². The third-order valence-corrected chi connectivity index (χ3v) is 7.57. The van der Waals surface area contributed by atoms with Crippen LogP contribution >= 0.6 is 0 Å². The minimum atomic E-state index is -0.916. The van der Waals surface area contributed by atoms with Gasteiger partial charge in [-0.15, -0.1) is 6.58 Å². The molecular formula is C29H42N2O4. The Kier molecular flexibility index (Phi) is 10.7. The van der Waals surface area contributed by atoms with Gasteiger partial charge in [0.15, 0.2) is 0 Å². The smallest absolute Gasteiger partial charge is 0.305 e. The average Bonchev–Trinajstić information content (AvgIpc) is 2.88. The Morgan fingerprint density at radius 2 is 1.97 bits per heavy atom. The van der Waals surface area contributed by atoms with Gasteiger partial charge in [-0.05, 0) is 55.3 Å². The van der Waals surface area contributed by atoms with Crippen LogP contribution in [-0.4, -0.2) is 56.4 Å². The topological polar surface area (TPSA) is 93.9 Å². The van der Waals surface area contributed by atoms with E-state index in [0.29, 0.717) is 18.3 Å². The highest BCUT2D eigenvalue weighted by Gasteiger charge is 2.42.